The second kappa shape index (κ2) is 13.2. The minimum atomic E-state index is -4.02. The van der Waals surface area contributed by atoms with Crippen molar-refractivity contribution in [3.8, 4) is 10.4 Å². The summed E-state index contributed by atoms with van der Waals surface area (Å²) in [6, 6.07) is 14.6. The third kappa shape index (κ3) is 6.51. The molecular formula is C33H41N5O5S2. The molecule has 1 aliphatic carbocycles. The number of piperazine rings is 2. The maximum Gasteiger partial charge on any atom is 0.348 e. The van der Waals surface area contributed by atoms with E-state index in [-0.39, 0.29) is 28.8 Å². The quantitative estimate of drug-likeness (QED) is 0.361. The Labute approximate surface area is 269 Å². The van der Waals surface area contributed by atoms with E-state index < -0.39 is 27.9 Å². The molecule has 0 bridgehead atoms. The second-order valence-corrected chi connectivity index (χ2v) is 15.5. The number of carboxylic acid groups (broad SMARTS) is 1. The molecule has 4 heterocycles. The summed E-state index contributed by atoms with van der Waals surface area (Å²) in [7, 11) is -4.02. The number of aromatic nitrogens is 1. The van der Waals surface area contributed by atoms with Gasteiger partial charge in [-0.15, -0.1) is 11.3 Å². The molecule has 3 aliphatic rings. The highest BCUT2D eigenvalue weighted by Gasteiger charge is 2.44. The van der Waals surface area contributed by atoms with Crippen LogP contribution in [-0.2, 0) is 14.8 Å². The van der Waals surface area contributed by atoms with E-state index >= 15 is 0 Å². The van der Waals surface area contributed by atoms with E-state index in [4.69, 9.17) is 0 Å². The van der Waals surface area contributed by atoms with Crippen LogP contribution in [0.25, 0.3) is 10.4 Å². The number of hydrogen-bond donors (Lipinski definition) is 1. The molecule has 3 fully saturated rings. The number of hydrogen-bond acceptors (Lipinski definition) is 8. The monoisotopic (exact) mass is 651 g/mol. The van der Waals surface area contributed by atoms with Crippen molar-refractivity contribution in [2.45, 2.75) is 62.9 Å². The van der Waals surface area contributed by atoms with Gasteiger partial charge in [0.15, 0.2) is 0 Å². The largest absolute Gasteiger partial charge is 0.477 e. The van der Waals surface area contributed by atoms with Crippen LogP contribution in [0.3, 0.4) is 0 Å². The van der Waals surface area contributed by atoms with E-state index in [2.05, 4.69) is 28.6 Å². The van der Waals surface area contributed by atoms with E-state index in [1.54, 1.807) is 23.1 Å². The van der Waals surface area contributed by atoms with Gasteiger partial charge in [0, 0.05) is 49.8 Å². The molecule has 45 heavy (non-hydrogen) atoms. The lowest BCUT2D eigenvalue weighted by Gasteiger charge is -2.44. The molecule has 1 saturated carbocycles. The highest BCUT2D eigenvalue weighted by Crippen LogP contribution is 2.42. The fraction of sp³-hybridized carbons (Fsp3) is 0.485. The Kier molecular flexibility index (Phi) is 9.28. The first-order chi connectivity index (χ1) is 21.6. The Morgan fingerprint density at radius 3 is 2.33 bits per heavy atom. The van der Waals surface area contributed by atoms with Gasteiger partial charge in [-0.2, -0.15) is 4.31 Å². The predicted octanol–water partition coefficient (Wildman–Crippen LogP) is 5.03. The number of pyridine rings is 1. The first-order valence-electron chi connectivity index (χ1n) is 15.8. The highest BCUT2D eigenvalue weighted by molar-refractivity contribution is 7.89. The van der Waals surface area contributed by atoms with Crippen LogP contribution < -0.4 is 9.80 Å². The van der Waals surface area contributed by atoms with E-state index in [0.717, 1.165) is 85.9 Å². The van der Waals surface area contributed by atoms with Crippen LogP contribution in [0.15, 0.2) is 59.6 Å². The molecule has 0 radical (unpaired) electrons. The molecule has 10 nitrogen and oxygen atoms in total. The molecule has 2 aromatic heterocycles. The first-order valence-corrected chi connectivity index (χ1v) is 18.1. The number of aromatic carboxylic acids is 1. The van der Waals surface area contributed by atoms with Gasteiger partial charge in [0.05, 0.1) is 18.3 Å². The zero-order valence-electron chi connectivity index (χ0n) is 25.8. The molecule has 12 heteroatoms. The maximum atomic E-state index is 14.0. The van der Waals surface area contributed by atoms with Crippen molar-refractivity contribution in [1.29, 1.82) is 0 Å². The zero-order valence-corrected chi connectivity index (χ0v) is 27.5. The van der Waals surface area contributed by atoms with Crippen molar-refractivity contribution >= 4 is 44.7 Å². The summed E-state index contributed by atoms with van der Waals surface area (Å²) in [5.74, 6) is -0.703. The van der Waals surface area contributed by atoms with Gasteiger partial charge in [0.2, 0.25) is 15.9 Å². The number of thiophene rings is 1. The second-order valence-electron chi connectivity index (χ2n) is 12.5. The smallest absolute Gasteiger partial charge is 0.348 e. The predicted molar refractivity (Wildman–Crippen MR) is 176 cm³/mol. The Hall–Kier alpha value is -3.32. The highest BCUT2D eigenvalue weighted by atomic mass is 32.2. The lowest BCUT2D eigenvalue weighted by molar-refractivity contribution is -0.121. The number of carbonyl (C=O) groups is 2. The van der Waals surface area contributed by atoms with Gasteiger partial charge >= 0.3 is 5.97 Å². The molecule has 2 aliphatic heterocycles. The Morgan fingerprint density at radius 2 is 1.71 bits per heavy atom. The van der Waals surface area contributed by atoms with Crippen molar-refractivity contribution < 1.29 is 23.1 Å². The van der Waals surface area contributed by atoms with Gasteiger partial charge in [0.1, 0.15) is 15.6 Å². The lowest BCUT2D eigenvalue weighted by Crippen LogP contribution is -2.60. The molecule has 240 valence electrons. The molecule has 0 spiro atoms. The van der Waals surface area contributed by atoms with Gasteiger partial charge in [-0.25, -0.2) is 18.2 Å². The summed E-state index contributed by atoms with van der Waals surface area (Å²) < 4.78 is 29.2. The standard InChI is InChI=1S/C33H41N5O5S2/c1-23(2)35-15-17-36(18-16-35)30-14-13-26(20-34-30)45(42,43)37-21-28(24-9-5-3-6-10-24)38(31(39)22-37)27-19-29(44-32(27)33(40)41)25-11-7-4-8-12-25/h4,7-8,11-14,19-20,23-24,28H,3,5-6,9-10,15-18,21-22H2,1-2H3,(H,40,41). The number of amides is 1. The number of sulfonamides is 1. The van der Waals surface area contributed by atoms with Crippen molar-refractivity contribution in [3.63, 3.8) is 0 Å². The van der Waals surface area contributed by atoms with Crippen LogP contribution in [-0.4, -0.2) is 90.9 Å². The van der Waals surface area contributed by atoms with Gasteiger partial charge in [-0.1, -0.05) is 49.6 Å². The average Bonchev–Trinajstić information content (AvgIpc) is 3.51. The van der Waals surface area contributed by atoms with Crippen molar-refractivity contribution in [2.75, 3.05) is 49.1 Å². The van der Waals surface area contributed by atoms with Crippen LogP contribution in [0.5, 0.6) is 0 Å². The van der Waals surface area contributed by atoms with Crippen LogP contribution in [0.2, 0.25) is 0 Å². The molecule has 6 rings (SSSR count). The summed E-state index contributed by atoms with van der Waals surface area (Å²) in [6.07, 6.45) is 6.22. The van der Waals surface area contributed by atoms with Crippen molar-refractivity contribution in [2.24, 2.45) is 5.92 Å². The summed E-state index contributed by atoms with van der Waals surface area (Å²) in [5.41, 5.74) is 1.23. The normalized spacial score (nSPS) is 21.0. The summed E-state index contributed by atoms with van der Waals surface area (Å²) in [4.78, 5) is 38.1. The van der Waals surface area contributed by atoms with Gasteiger partial charge < -0.3 is 14.9 Å². The average molecular weight is 652 g/mol. The number of nitrogens with zero attached hydrogens (tertiary/aromatic N) is 5. The van der Waals surface area contributed by atoms with Gasteiger partial charge in [-0.3, -0.25) is 9.69 Å². The van der Waals surface area contributed by atoms with E-state index in [0.29, 0.717) is 11.7 Å². The van der Waals surface area contributed by atoms with Crippen LogP contribution >= 0.6 is 11.3 Å². The van der Waals surface area contributed by atoms with E-state index in [9.17, 15) is 23.1 Å². The molecule has 1 unspecified atom stereocenters. The van der Waals surface area contributed by atoms with Crippen LogP contribution in [0.4, 0.5) is 11.5 Å². The Morgan fingerprint density at radius 1 is 1.00 bits per heavy atom. The molecule has 2 saturated heterocycles. The topological polar surface area (TPSA) is 114 Å². The Bertz CT molecular complexity index is 1610. The molecule has 1 amide bonds. The number of benzene rings is 1. The fourth-order valence-corrected chi connectivity index (χ4v) is 9.28. The fourth-order valence-electron chi connectivity index (χ4n) is 6.93. The van der Waals surface area contributed by atoms with Gasteiger partial charge in [0.25, 0.3) is 0 Å². The maximum absolute atomic E-state index is 14.0. The van der Waals surface area contributed by atoms with Crippen molar-refractivity contribution in [3.05, 3.63) is 59.6 Å². The van der Waals surface area contributed by atoms with Crippen LogP contribution in [0, 0.1) is 5.92 Å². The minimum absolute atomic E-state index is 0.0591. The van der Waals surface area contributed by atoms with E-state index in [1.807, 2.05) is 30.3 Å². The van der Waals surface area contributed by atoms with E-state index in [1.165, 1.54) is 10.5 Å². The third-order valence-electron chi connectivity index (χ3n) is 9.45. The molecular weight excluding hydrogens is 611 g/mol. The number of carboxylic acids is 1. The zero-order chi connectivity index (χ0) is 31.7. The summed E-state index contributed by atoms with van der Waals surface area (Å²) >= 11 is 1.14. The number of rotatable bonds is 8. The third-order valence-corrected chi connectivity index (χ3v) is 12.4. The first kappa shape index (κ1) is 31.7. The molecule has 1 aromatic carbocycles. The SMILES string of the molecule is CC(C)N1CCN(c2ccc(S(=O)(=O)N3CC(=O)N(c4cc(-c5ccccc5)sc4C(=O)O)C(C4CCCCC4)C3)cn2)CC1. The molecule has 1 N–H and O–H groups in total. The van der Waals surface area contributed by atoms with Gasteiger partial charge in [-0.05, 0) is 56.4 Å². The van der Waals surface area contributed by atoms with Crippen LogP contribution in [0.1, 0.15) is 55.6 Å². The lowest BCUT2D eigenvalue weighted by atomic mass is 9.82. The van der Waals surface area contributed by atoms with Crippen molar-refractivity contribution in [1.82, 2.24) is 14.2 Å². The summed E-state index contributed by atoms with van der Waals surface area (Å²) in [6.45, 7) is 7.61. The molecule has 1 atom stereocenters. The number of anilines is 2. The summed E-state index contributed by atoms with van der Waals surface area (Å²) in [5, 5.41) is 10.2. The minimum Gasteiger partial charge on any atom is -0.477 e. The Balaban J connectivity index is 1.28. The number of carbonyl (C=O) groups excluding carboxylic acids is 1. The molecule has 3 aromatic rings.